The maximum absolute atomic E-state index is 11.8. The second-order valence-corrected chi connectivity index (χ2v) is 7.10. The van der Waals surface area contributed by atoms with Gasteiger partial charge >= 0.3 is 0 Å². The average Bonchev–Trinajstić information content (AvgIpc) is 2.85. The third-order valence-electron chi connectivity index (χ3n) is 2.58. The summed E-state index contributed by atoms with van der Waals surface area (Å²) in [6.45, 7) is 0. The summed E-state index contributed by atoms with van der Waals surface area (Å²) in [6.07, 6.45) is 1.60. The van der Waals surface area contributed by atoms with Crippen LogP contribution >= 0.6 is 11.8 Å². The Bertz CT molecular complexity index is 852. The molecule has 0 saturated heterocycles. The van der Waals surface area contributed by atoms with Crippen LogP contribution in [0.5, 0.6) is 11.8 Å². The number of anilines is 1. The minimum Gasteiger partial charge on any atom is -0.481 e. The van der Waals surface area contributed by atoms with Crippen LogP contribution in [0.15, 0.2) is 22.3 Å². The number of hydrogen-bond donors (Lipinski definition) is 1. The van der Waals surface area contributed by atoms with E-state index in [0.29, 0.717) is 21.8 Å². The number of hydrogen-bond acceptors (Lipinski definition) is 9. The van der Waals surface area contributed by atoms with Crippen LogP contribution in [0.1, 0.15) is 0 Å². The highest BCUT2D eigenvalue weighted by Gasteiger charge is 2.18. The highest BCUT2D eigenvalue weighted by Crippen LogP contribution is 2.33. The van der Waals surface area contributed by atoms with E-state index in [1.165, 1.54) is 25.0 Å². The minimum absolute atomic E-state index is 0.0862. The Kier molecular flexibility index (Phi) is 5.47. The lowest BCUT2D eigenvalue weighted by atomic mass is 10.6. The third kappa shape index (κ3) is 4.49. The lowest BCUT2D eigenvalue weighted by Crippen LogP contribution is -2.16. The summed E-state index contributed by atoms with van der Waals surface area (Å²) in [6, 6.07) is 3.10. The largest absolute Gasteiger partial charge is 0.481 e. The van der Waals surface area contributed by atoms with E-state index in [1.807, 2.05) is 0 Å². The van der Waals surface area contributed by atoms with Crippen molar-refractivity contribution in [2.24, 2.45) is 7.05 Å². The summed E-state index contributed by atoms with van der Waals surface area (Å²) in [4.78, 5) is 8.79. The number of nitrogens with one attached hydrogen (secondary N) is 1. The summed E-state index contributed by atoms with van der Waals surface area (Å²) in [5.74, 6) is 0.0276. The van der Waals surface area contributed by atoms with E-state index in [4.69, 9.17) is 14.7 Å². The van der Waals surface area contributed by atoms with E-state index in [0.717, 1.165) is 11.8 Å². The number of methoxy groups -OCH3 is 2. The Morgan fingerprint density at radius 1 is 1.33 bits per heavy atom. The number of nitrogens with zero attached hydrogens (tertiary/aromatic N) is 5. The van der Waals surface area contributed by atoms with Crippen molar-refractivity contribution in [3.05, 3.63) is 12.3 Å². The van der Waals surface area contributed by atoms with Gasteiger partial charge < -0.3 is 9.47 Å². The van der Waals surface area contributed by atoms with Crippen molar-refractivity contribution < 1.29 is 17.9 Å². The van der Waals surface area contributed by atoms with E-state index in [1.54, 1.807) is 19.3 Å². The Morgan fingerprint density at radius 2 is 1.96 bits per heavy atom. The van der Waals surface area contributed by atoms with Crippen molar-refractivity contribution in [2.45, 2.75) is 10.1 Å². The molecule has 0 fully saturated rings. The third-order valence-corrected chi connectivity index (χ3v) is 4.48. The quantitative estimate of drug-likeness (QED) is 0.697. The molecule has 0 radical (unpaired) electrons. The molecule has 2 rings (SSSR count). The summed E-state index contributed by atoms with van der Waals surface area (Å²) in [5, 5.41) is 12.9. The lowest BCUT2D eigenvalue weighted by molar-refractivity contribution is 0.364. The molecular formula is C12H14N6O4S2. The fraction of sp³-hybridized carbons (Fsp3) is 0.333. The van der Waals surface area contributed by atoms with Crippen LogP contribution in [0.25, 0.3) is 0 Å². The van der Waals surface area contributed by atoms with Gasteiger partial charge in [-0.15, -0.1) is 0 Å². The molecule has 0 aliphatic rings. The first-order valence-electron chi connectivity index (χ1n) is 6.43. The molecule has 0 aliphatic carbocycles. The van der Waals surface area contributed by atoms with Crippen LogP contribution in [-0.2, 0) is 17.1 Å². The number of nitriles is 1. The molecule has 24 heavy (non-hydrogen) atoms. The summed E-state index contributed by atoms with van der Waals surface area (Å²) in [7, 11) is 0.756. The molecule has 0 spiro atoms. The van der Waals surface area contributed by atoms with E-state index >= 15 is 0 Å². The summed E-state index contributed by atoms with van der Waals surface area (Å²) in [5.41, 5.74) is 0. The lowest BCUT2D eigenvalue weighted by Gasteiger charge is -2.06. The van der Waals surface area contributed by atoms with E-state index < -0.39 is 15.8 Å². The van der Waals surface area contributed by atoms with Crippen LogP contribution in [0, 0.1) is 11.3 Å². The molecule has 12 heteroatoms. The molecule has 128 valence electrons. The van der Waals surface area contributed by atoms with Crippen LogP contribution in [0.3, 0.4) is 0 Å². The first-order chi connectivity index (χ1) is 11.4. The molecule has 0 saturated carbocycles. The molecule has 0 aliphatic heterocycles. The number of sulfonamides is 1. The zero-order valence-electron chi connectivity index (χ0n) is 13.0. The van der Waals surface area contributed by atoms with Gasteiger partial charge in [0.25, 0.3) is 0 Å². The second kappa shape index (κ2) is 7.37. The van der Waals surface area contributed by atoms with Crippen molar-refractivity contribution in [1.29, 1.82) is 5.26 Å². The van der Waals surface area contributed by atoms with Crippen LogP contribution in [0.2, 0.25) is 0 Å². The molecule has 0 unspecified atom stereocenters. The van der Waals surface area contributed by atoms with E-state index in [2.05, 4.69) is 19.8 Å². The van der Waals surface area contributed by atoms with Gasteiger partial charge in [-0.05, 0) is 11.8 Å². The van der Waals surface area contributed by atoms with Crippen LogP contribution in [-0.4, -0.2) is 48.1 Å². The summed E-state index contributed by atoms with van der Waals surface area (Å²) < 4.78 is 37.3. The van der Waals surface area contributed by atoms with Crippen LogP contribution in [0.4, 0.5) is 5.82 Å². The Balaban J connectivity index is 2.33. The minimum atomic E-state index is -3.80. The SMILES string of the molecule is COc1cc(OC)nc(Sc2cn(C)nc2NS(=O)(=O)CC#N)n1. The molecular weight excluding hydrogens is 356 g/mol. The Hall–Kier alpha value is -2.52. The maximum Gasteiger partial charge on any atom is 0.247 e. The van der Waals surface area contributed by atoms with Crippen molar-refractivity contribution >= 4 is 27.6 Å². The fourth-order valence-electron chi connectivity index (χ4n) is 1.62. The number of ether oxygens (including phenoxy) is 2. The van der Waals surface area contributed by atoms with E-state index in [-0.39, 0.29) is 5.82 Å². The topological polar surface area (TPSA) is 132 Å². The Morgan fingerprint density at radius 3 is 2.50 bits per heavy atom. The monoisotopic (exact) mass is 370 g/mol. The first kappa shape index (κ1) is 17.8. The molecule has 2 heterocycles. The first-order valence-corrected chi connectivity index (χ1v) is 8.89. The van der Waals surface area contributed by atoms with Gasteiger partial charge in [-0.3, -0.25) is 9.40 Å². The predicted octanol–water partition coefficient (Wildman–Crippen LogP) is 0.644. The van der Waals surface area contributed by atoms with Gasteiger partial charge in [-0.2, -0.15) is 20.3 Å². The van der Waals surface area contributed by atoms with Gasteiger partial charge in [0.1, 0.15) is 0 Å². The van der Waals surface area contributed by atoms with Gasteiger partial charge in [-0.1, -0.05) is 0 Å². The van der Waals surface area contributed by atoms with Crippen molar-refractivity contribution in [1.82, 2.24) is 19.7 Å². The van der Waals surface area contributed by atoms with Crippen molar-refractivity contribution in [2.75, 3.05) is 24.7 Å². The van der Waals surface area contributed by atoms with Gasteiger partial charge in [0.2, 0.25) is 21.8 Å². The predicted molar refractivity (Wildman–Crippen MR) is 85.5 cm³/mol. The van der Waals surface area contributed by atoms with E-state index in [9.17, 15) is 8.42 Å². The Labute approximate surface area is 142 Å². The molecule has 0 aromatic carbocycles. The molecule has 2 aromatic heterocycles. The molecule has 10 nitrogen and oxygen atoms in total. The van der Waals surface area contributed by atoms with Crippen LogP contribution < -0.4 is 14.2 Å². The normalized spacial score (nSPS) is 10.9. The zero-order valence-corrected chi connectivity index (χ0v) is 14.7. The van der Waals surface area contributed by atoms with Crippen molar-refractivity contribution in [3.8, 4) is 17.8 Å². The molecule has 0 bridgehead atoms. The fourth-order valence-corrected chi connectivity index (χ4v) is 3.23. The number of rotatable bonds is 7. The van der Waals surface area contributed by atoms with Crippen molar-refractivity contribution in [3.63, 3.8) is 0 Å². The molecule has 0 amide bonds. The zero-order chi connectivity index (χ0) is 17.7. The summed E-state index contributed by atoms with van der Waals surface area (Å²) >= 11 is 1.08. The molecule has 2 aromatic rings. The van der Waals surface area contributed by atoms with Gasteiger partial charge in [0.05, 0.1) is 31.3 Å². The standard InChI is InChI=1S/C12H14N6O4S2/c1-18-7-8(11(16-18)17-24(19,20)5-4-13)23-12-14-9(21-2)6-10(15-12)22-3/h6-7H,5H2,1-3H3,(H,16,17). The molecule has 0 atom stereocenters. The smallest absolute Gasteiger partial charge is 0.247 e. The average molecular weight is 370 g/mol. The highest BCUT2D eigenvalue weighted by atomic mass is 32.2. The highest BCUT2D eigenvalue weighted by molar-refractivity contribution is 7.99. The second-order valence-electron chi connectivity index (χ2n) is 4.37. The number of aromatic nitrogens is 4. The van der Waals surface area contributed by atoms with Gasteiger partial charge in [-0.25, -0.2) is 8.42 Å². The molecule has 1 N–H and O–H groups in total. The van der Waals surface area contributed by atoms with Gasteiger partial charge in [0.15, 0.2) is 16.7 Å². The number of aryl methyl sites for hydroxylation is 1. The maximum atomic E-state index is 11.8. The van der Waals surface area contributed by atoms with Gasteiger partial charge in [0, 0.05) is 13.2 Å².